The first-order chi connectivity index (χ1) is 12.4. The van der Waals surface area contributed by atoms with Crippen molar-refractivity contribution in [2.45, 2.75) is 23.9 Å². The maximum Gasteiger partial charge on any atom is 0.245 e. The van der Waals surface area contributed by atoms with Crippen LogP contribution in [0.5, 0.6) is 0 Å². The number of carbonyl (C=O) groups is 1. The van der Waals surface area contributed by atoms with Crippen molar-refractivity contribution in [3.8, 4) is 0 Å². The van der Waals surface area contributed by atoms with Crippen molar-refractivity contribution >= 4 is 21.7 Å². The molecule has 1 aromatic heterocycles. The molecule has 1 aliphatic heterocycles. The molecule has 2 N–H and O–H groups in total. The average Bonchev–Trinajstić information content (AvgIpc) is 2.97. The fraction of sp³-hybridized carbons (Fsp3) is 0.294. The lowest BCUT2D eigenvalue weighted by molar-refractivity contribution is -0.128. The van der Waals surface area contributed by atoms with E-state index in [-0.39, 0.29) is 16.6 Å². The molecular weight excluding hydrogens is 359 g/mol. The molecule has 1 saturated heterocycles. The number of benzene rings is 1. The number of likely N-dealkylation sites (tertiary alicyclic amines) is 1. The number of hydrogen-bond acceptors (Lipinski definition) is 5. The third-order valence-electron chi connectivity index (χ3n) is 4.22. The van der Waals surface area contributed by atoms with Crippen LogP contribution in [0.4, 0.5) is 10.2 Å². The second-order valence-corrected chi connectivity index (χ2v) is 7.85. The predicted molar refractivity (Wildman–Crippen MR) is 94.3 cm³/mol. The van der Waals surface area contributed by atoms with Crippen LogP contribution in [0.3, 0.4) is 0 Å². The Balaban J connectivity index is 1.62. The Labute approximate surface area is 151 Å². The van der Waals surface area contributed by atoms with Crippen molar-refractivity contribution in [1.29, 1.82) is 0 Å². The second kappa shape index (κ2) is 7.38. The molecule has 0 saturated carbocycles. The summed E-state index contributed by atoms with van der Waals surface area (Å²) in [5.41, 5.74) is 0.861. The number of hydrogen-bond donors (Lipinski definition) is 2. The van der Waals surface area contributed by atoms with Gasteiger partial charge in [0, 0.05) is 19.3 Å². The molecular formula is C17H19FN4O3S. The van der Waals surface area contributed by atoms with Gasteiger partial charge in [0.2, 0.25) is 15.9 Å². The molecule has 1 fully saturated rings. The molecule has 9 heteroatoms. The summed E-state index contributed by atoms with van der Waals surface area (Å²) in [7, 11) is -2.21. The Morgan fingerprint density at radius 3 is 2.58 bits per heavy atom. The molecule has 0 bridgehead atoms. The van der Waals surface area contributed by atoms with Crippen molar-refractivity contribution in [1.82, 2.24) is 14.6 Å². The van der Waals surface area contributed by atoms with E-state index in [0.717, 1.165) is 5.56 Å². The smallest absolute Gasteiger partial charge is 0.245 e. The van der Waals surface area contributed by atoms with Gasteiger partial charge in [0.1, 0.15) is 22.6 Å². The molecule has 0 radical (unpaired) electrons. The number of aromatic nitrogens is 1. The zero-order chi connectivity index (χ0) is 18.7. The number of rotatable bonds is 6. The van der Waals surface area contributed by atoms with Crippen LogP contribution in [-0.2, 0) is 21.4 Å². The van der Waals surface area contributed by atoms with E-state index in [4.69, 9.17) is 0 Å². The summed E-state index contributed by atoms with van der Waals surface area (Å²) in [5.74, 6) is 0.0564. The van der Waals surface area contributed by atoms with Gasteiger partial charge in [0.05, 0.1) is 0 Å². The minimum atomic E-state index is -3.54. The van der Waals surface area contributed by atoms with Gasteiger partial charge in [-0.15, -0.1) is 0 Å². The minimum absolute atomic E-state index is 0.0567. The van der Waals surface area contributed by atoms with Crippen molar-refractivity contribution in [3.05, 3.63) is 54.0 Å². The molecule has 1 aromatic carbocycles. The van der Waals surface area contributed by atoms with Crippen molar-refractivity contribution in [2.24, 2.45) is 0 Å². The van der Waals surface area contributed by atoms with E-state index in [1.807, 2.05) is 0 Å². The van der Waals surface area contributed by atoms with Gasteiger partial charge in [0.25, 0.3) is 0 Å². The van der Waals surface area contributed by atoms with Gasteiger partial charge < -0.3 is 10.2 Å². The minimum Gasteiger partial charge on any atom is -0.358 e. The first-order valence-corrected chi connectivity index (χ1v) is 9.57. The molecule has 138 valence electrons. The standard InChI is InChI=1S/C17H19FN4O3S/c1-19-26(24,25)14-6-7-16(20-10-14)21-15-8-9-22(17(15)23)11-12-2-4-13(18)5-3-12/h2-7,10,15,19H,8-9,11H2,1H3,(H,20,21). The summed E-state index contributed by atoms with van der Waals surface area (Å²) >= 11 is 0. The Kier molecular flexibility index (Phi) is 5.19. The third kappa shape index (κ3) is 4.00. The lowest BCUT2D eigenvalue weighted by Crippen LogP contribution is -2.33. The Hall–Kier alpha value is -2.52. The Morgan fingerprint density at radius 1 is 1.23 bits per heavy atom. The van der Waals surface area contributed by atoms with E-state index in [1.165, 1.54) is 37.5 Å². The number of anilines is 1. The number of halogens is 1. The molecule has 1 unspecified atom stereocenters. The van der Waals surface area contributed by atoms with E-state index in [9.17, 15) is 17.6 Å². The SMILES string of the molecule is CNS(=O)(=O)c1ccc(NC2CCN(Cc3ccc(F)cc3)C2=O)nc1. The summed E-state index contributed by atoms with van der Waals surface area (Å²) in [4.78, 5) is 18.3. The van der Waals surface area contributed by atoms with Crippen LogP contribution in [0.25, 0.3) is 0 Å². The molecule has 1 amide bonds. The van der Waals surface area contributed by atoms with Crippen LogP contribution in [-0.4, -0.2) is 43.8 Å². The maximum atomic E-state index is 13.0. The normalized spacial score (nSPS) is 17.5. The molecule has 0 aliphatic carbocycles. The summed E-state index contributed by atoms with van der Waals surface area (Å²) < 4.78 is 38.6. The maximum absolute atomic E-state index is 13.0. The highest BCUT2D eigenvalue weighted by Gasteiger charge is 2.31. The zero-order valence-electron chi connectivity index (χ0n) is 14.1. The largest absolute Gasteiger partial charge is 0.358 e. The number of nitrogens with zero attached hydrogens (tertiary/aromatic N) is 2. The molecule has 2 aromatic rings. The van der Waals surface area contributed by atoms with Crippen LogP contribution >= 0.6 is 0 Å². The van der Waals surface area contributed by atoms with E-state index in [2.05, 4.69) is 15.0 Å². The monoisotopic (exact) mass is 378 g/mol. The van der Waals surface area contributed by atoms with E-state index < -0.39 is 16.1 Å². The topological polar surface area (TPSA) is 91.4 Å². The van der Waals surface area contributed by atoms with Crippen LogP contribution in [0.2, 0.25) is 0 Å². The van der Waals surface area contributed by atoms with Gasteiger partial charge >= 0.3 is 0 Å². The Morgan fingerprint density at radius 2 is 1.96 bits per heavy atom. The van der Waals surface area contributed by atoms with Crippen LogP contribution in [0, 0.1) is 5.82 Å². The van der Waals surface area contributed by atoms with Gasteiger partial charge in [-0.1, -0.05) is 12.1 Å². The first-order valence-electron chi connectivity index (χ1n) is 8.08. The highest BCUT2D eigenvalue weighted by atomic mass is 32.2. The van der Waals surface area contributed by atoms with Gasteiger partial charge in [-0.25, -0.2) is 22.5 Å². The highest BCUT2D eigenvalue weighted by molar-refractivity contribution is 7.89. The van der Waals surface area contributed by atoms with Crippen molar-refractivity contribution in [2.75, 3.05) is 18.9 Å². The molecule has 2 heterocycles. The number of carbonyl (C=O) groups excluding carboxylic acids is 1. The van der Waals surface area contributed by atoms with E-state index >= 15 is 0 Å². The van der Waals surface area contributed by atoms with Gasteiger partial charge in [-0.3, -0.25) is 4.79 Å². The lowest BCUT2D eigenvalue weighted by atomic mass is 10.2. The summed E-state index contributed by atoms with van der Waals surface area (Å²) in [5, 5.41) is 3.03. The zero-order valence-corrected chi connectivity index (χ0v) is 15.0. The Bertz CT molecular complexity index is 885. The first kappa shape index (κ1) is 18.3. The predicted octanol–water partition coefficient (Wildman–Crippen LogP) is 1.34. The number of pyridine rings is 1. The fourth-order valence-electron chi connectivity index (χ4n) is 2.76. The van der Waals surface area contributed by atoms with E-state index in [0.29, 0.717) is 25.3 Å². The lowest BCUT2D eigenvalue weighted by Gasteiger charge is -2.17. The summed E-state index contributed by atoms with van der Waals surface area (Å²) in [6, 6.07) is 8.59. The summed E-state index contributed by atoms with van der Waals surface area (Å²) in [6.45, 7) is 1.00. The molecule has 3 rings (SSSR count). The number of amides is 1. The second-order valence-electron chi connectivity index (χ2n) is 5.96. The molecule has 0 spiro atoms. The van der Waals surface area contributed by atoms with Crippen LogP contribution < -0.4 is 10.0 Å². The molecule has 1 atom stereocenters. The third-order valence-corrected chi connectivity index (χ3v) is 5.62. The van der Waals surface area contributed by atoms with Crippen LogP contribution in [0.1, 0.15) is 12.0 Å². The fourth-order valence-corrected chi connectivity index (χ4v) is 3.44. The van der Waals surface area contributed by atoms with Gasteiger partial charge in [-0.2, -0.15) is 0 Å². The van der Waals surface area contributed by atoms with E-state index in [1.54, 1.807) is 17.0 Å². The molecule has 26 heavy (non-hydrogen) atoms. The van der Waals surface area contributed by atoms with Crippen molar-refractivity contribution in [3.63, 3.8) is 0 Å². The van der Waals surface area contributed by atoms with Gasteiger partial charge in [0.15, 0.2) is 0 Å². The van der Waals surface area contributed by atoms with Crippen molar-refractivity contribution < 1.29 is 17.6 Å². The average molecular weight is 378 g/mol. The summed E-state index contributed by atoms with van der Waals surface area (Å²) in [6.07, 6.45) is 1.85. The highest BCUT2D eigenvalue weighted by Crippen LogP contribution is 2.19. The van der Waals surface area contributed by atoms with Gasteiger partial charge in [-0.05, 0) is 43.3 Å². The number of nitrogens with one attached hydrogen (secondary N) is 2. The number of sulfonamides is 1. The molecule has 7 nitrogen and oxygen atoms in total. The molecule has 1 aliphatic rings. The quantitative estimate of drug-likeness (QED) is 0.792. The van der Waals surface area contributed by atoms with Crippen LogP contribution in [0.15, 0.2) is 47.5 Å².